The SMILES string of the molecule is C[C@H](O)c1cccc2c1OC(F)(F)C(=O)N2Cc1ccc(=O)[nH]n1. The Hall–Kier alpha value is -2.81. The van der Waals surface area contributed by atoms with Crippen molar-refractivity contribution >= 4 is 11.6 Å². The molecule has 1 amide bonds. The van der Waals surface area contributed by atoms with Crippen molar-refractivity contribution in [2.24, 2.45) is 0 Å². The maximum Gasteiger partial charge on any atom is 0.483 e. The number of hydrogen-bond acceptors (Lipinski definition) is 5. The number of ether oxygens (including phenoxy) is 1. The first-order valence-corrected chi connectivity index (χ1v) is 7.04. The summed E-state index contributed by atoms with van der Waals surface area (Å²) >= 11 is 0. The maximum absolute atomic E-state index is 14.0. The molecule has 1 atom stereocenters. The molecular weight excluding hydrogens is 324 g/mol. The average Bonchev–Trinajstić information content (AvgIpc) is 2.52. The summed E-state index contributed by atoms with van der Waals surface area (Å²) in [6.45, 7) is 1.12. The minimum atomic E-state index is -4.07. The van der Waals surface area contributed by atoms with Gasteiger partial charge >= 0.3 is 12.0 Å². The van der Waals surface area contributed by atoms with Crippen LogP contribution in [0.5, 0.6) is 5.75 Å². The van der Waals surface area contributed by atoms with E-state index in [1.807, 2.05) is 0 Å². The Kier molecular flexibility index (Phi) is 3.80. The van der Waals surface area contributed by atoms with E-state index in [1.54, 1.807) is 0 Å². The van der Waals surface area contributed by atoms with Gasteiger partial charge in [-0.3, -0.25) is 14.5 Å². The lowest BCUT2D eigenvalue weighted by molar-refractivity contribution is -0.193. The third kappa shape index (κ3) is 2.73. The van der Waals surface area contributed by atoms with Crippen LogP contribution in [-0.4, -0.2) is 27.3 Å². The number of carbonyl (C=O) groups excluding carboxylic acids is 1. The van der Waals surface area contributed by atoms with Crippen molar-refractivity contribution in [2.75, 3.05) is 4.90 Å². The van der Waals surface area contributed by atoms with Crippen LogP contribution in [0.2, 0.25) is 0 Å². The molecule has 24 heavy (non-hydrogen) atoms. The summed E-state index contributed by atoms with van der Waals surface area (Å²) in [5, 5.41) is 15.6. The normalized spacial score (nSPS) is 17.2. The number of aromatic nitrogens is 2. The van der Waals surface area contributed by atoms with Crippen molar-refractivity contribution in [1.29, 1.82) is 0 Å². The smallest absolute Gasteiger partial charge is 0.423 e. The average molecular weight is 337 g/mol. The predicted octanol–water partition coefficient (Wildman–Crippen LogP) is 1.34. The fourth-order valence-corrected chi connectivity index (χ4v) is 2.41. The highest BCUT2D eigenvalue weighted by Crippen LogP contribution is 2.43. The van der Waals surface area contributed by atoms with Gasteiger partial charge in [-0.1, -0.05) is 12.1 Å². The van der Waals surface area contributed by atoms with Crippen molar-refractivity contribution in [3.05, 3.63) is 51.9 Å². The lowest BCUT2D eigenvalue weighted by Crippen LogP contribution is -2.50. The van der Waals surface area contributed by atoms with Crippen LogP contribution in [0.1, 0.15) is 24.3 Å². The van der Waals surface area contributed by atoms with Crippen LogP contribution < -0.4 is 15.2 Å². The van der Waals surface area contributed by atoms with E-state index >= 15 is 0 Å². The van der Waals surface area contributed by atoms with Gasteiger partial charge in [0.05, 0.1) is 24.0 Å². The number of benzene rings is 1. The van der Waals surface area contributed by atoms with E-state index in [1.165, 1.54) is 37.3 Å². The highest BCUT2D eigenvalue weighted by atomic mass is 19.3. The minimum absolute atomic E-state index is 0.0947. The van der Waals surface area contributed by atoms with Crippen LogP contribution in [0.4, 0.5) is 14.5 Å². The molecule has 9 heteroatoms. The molecule has 0 saturated carbocycles. The molecule has 1 aromatic heterocycles. The summed E-state index contributed by atoms with van der Waals surface area (Å²) in [7, 11) is 0. The zero-order valence-corrected chi connectivity index (χ0v) is 12.5. The van der Waals surface area contributed by atoms with Crippen LogP contribution in [0.3, 0.4) is 0 Å². The topological polar surface area (TPSA) is 95.5 Å². The Morgan fingerprint density at radius 2 is 2.08 bits per heavy atom. The van der Waals surface area contributed by atoms with Crippen LogP contribution in [0.25, 0.3) is 0 Å². The lowest BCUT2D eigenvalue weighted by atomic mass is 10.1. The van der Waals surface area contributed by atoms with Crippen molar-refractivity contribution in [3.63, 3.8) is 0 Å². The Morgan fingerprint density at radius 3 is 2.71 bits per heavy atom. The van der Waals surface area contributed by atoms with E-state index in [-0.39, 0.29) is 29.2 Å². The Balaban J connectivity index is 2.08. The molecule has 7 nitrogen and oxygen atoms in total. The number of aliphatic hydroxyl groups excluding tert-OH is 1. The second-order valence-corrected chi connectivity index (χ2v) is 5.29. The van der Waals surface area contributed by atoms with Gasteiger partial charge in [0, 0.05) is 11.6 Å². The number of halogens is 2. The number of hydrogen-bond donors (Lipinski definition) is 2. The Morgan fingerprint density at radius 1 is 1.33 bits per heavy atom. The summed E-state index contributed by atoms with van der Waals surface area (Å²) < 4.78 is 32.5. The van der Waals surface area contributed by atoms with E-state index in [4.69, 9.17) is 0 Å². The zero-order chi connectivity index (χ0) is 17.5. The number of aromatic amines is 1. The number of nitrogens with zero attached hydrogens (tertiary/aromatic N) is 2. The number of para-hydroxylation sites is 1. The molecule has 2 aromatic rings. The molecule has 0 aliphatic carbocycles. The summed E-state index contributed by atoms with van der Waals surface area (Å²) in [6.07, 6.45) is -5.13. The van der Waals surface area contributed by atoms with E-state index in [2.05, 4.69) is 14.9 Å². The Labute approximate surface area is 134 Å². The second kappa shape index (κ2) is 5.68. The first-order valence-electron chi connectivity index (χ1n) is 7.04. The molecule has 0 spiro atoms. The van der Waals surface area contributed by atoms with Gasteiger partial charge in [-0.2, -0.15) is 13.9 Å². The number of nitrogens with one attached hydrogen (secondary N) is 1. The van der Waals surface area contributed by atoms with Crippen molar-refractivity contribution in [3.8, 4) is 5.75 Å². The van der Waals surface area contributed by atoms with Crippen LogP contribution in [-0.2, 0) is 11.3 Å². The van der Waals surface area contributed by atoms with Crippen LogP contribution in [0, 0.1) is 0 Å². The van der Waals surface area contributed by atoms with Gasteiger partial charge in [-0.05, 0) is 19.1 Å². The van der Waals surface area contributed by atoms with E-state index in [9.17, 15) is 23.5 Å². The summed E-state index contributed by atoms with van der Waals surface area (Å²) in [4.78, 5) is 23.9. The van der Waals surface area contributed by atoms with E-state index < -0.39 is 23.7 Å². The van der Waals surface area contributed by atoms with E-state index in [0.717, 1.165) is 4.90 Å². The molecule has 0 fully saturated rings. The summed E-state index contributed by atoms with van der Waals surface area (Å²) in [6, 6.07) is 6.90. The summed E-state index contributed by atoms with van der Waals surface area (Å²) in [5.74, 6) is -1.81. The largest absolute Gasteiger partial charge is 0.483 e. The maximum atomic E-state index is 14.0. The molecule has 0 unspecified atom stereocenters. The number of carbonyl (C=O) groups is 1. The molecule has 1 aliphatic heterocycles. The number of alkyl halides is 2. The fraction of sp³-hybridized carbons (Fsp3) is 0.267. The molecule has 0 bridgehead atoms. The quantitative estimate of drug-likeness (QED) is 0.881. The molecule has 0 saturated heterocycles. The standard InChI is InChI=1S/C15H13F2N3O4/c1-8(21)10-3-2-4-11-13(10)24-15(16,17)14(23)20(11)7-9-5-6-12(22)19-18-9/h2-6,8,21H,7H2,1H3,(H,19,22)/t8-/m0/s1. The molecular formula is C15H13F2N3O4. The Bertz CT molecular complexity index is 830. The van der Waals surface area contributed by atoms with Crippen molar-refractivity contribution in [2.45, 2.75) is 25.7 Å². The van der Waals surface area contributed by atoms with Gasteiger partial charge in [-0.15, -0.1) is 0 Å². The number of aliphatic hydroxyl groups is 1. The predicted molar refractivity (Wildman–Crippen MR) is 78.7 cm³/mol. The number of amides is 1. The highest BCUT2D eigenvalue weighted by Gasteiger charge is 2.51. The van der Waals surface area contributed by atoms with Gasteiger partial charge in [0.2, 0.25) is 0 Å². The summed E-state index contributed by atoms with van der Waals surface area (Å²) in [5.41, 5.74) is -0.000321. The molecule has 1 aliphatic rings. The molecule has 126 valence electrons. The number of H-pyrrole nitrogens is 1. The molecule has 2 heterocycles. The monoisotopic (exact) mass is 337 g/mol. The van der Waals surface area contributed by atoms with Crippen molar-refractivity contribution in [1.82, 2.24) is 10.2 Å². The van der Waals surface area contributed by atoms with Gasteiger partial charge in [0.1, 0.15) is 0 Å². The molecule has 2 N–H and O–H groups in total. The highest BCUT2D eigenvalue weighted by molar-refractivity contribution is 6.01. The molecule has 0 radical (unpaired) electrons. The molecule has 1 aromatic carbocycles. The van der Waals surface area contributed by atoms with Gasteiger partial charge in [-0.25, -0.2) is 5.10 Å². The lowest BCUT2D eigenvalue weighted by Gasteiger charge is -2.34. The van der Waals surface area contributed by atoms with Crippen molar-refractivity contribution < 1.29 is 23.4 Å². The zero-order valence-electron chi connectivity index (χ0n) is 12.5. The molecule has 3 rings (SSSR count). The fourth-order valence-electron chi connectivity index (χ4n) is 2.41. The minimum Gasteiger partial charge on any atom is -0.423 e. The number of rotatable bonds is 3. The first kappa shape index (κ1) is 16.1. The van der Waals surface area contributed by atoms with Crippen LogP contribution in [0.15, 0.2) is 35.1 Å². The van der Waals surface area contributed by atoms with E-state index in [0.29, 0.717) is 0 Å². The first-order chi connectivity index (χ1) is 11.3. The number of fused-ring (bicyclic) bond motifs is 1. The van der Waals surface area contributed by atoms with Gasteiger partial charge in [0.15, 0.2) is 5.75 Å². The third-order valence-corrected chi connectivity index (χ3v) is 3.55. The number of anilines is 1. The van der Waals surface area contributed by atoms with Gasteiger partial charge in [0.25, 0.3) is 5.56 Å². The van der Waals surface area contributed by atoms with Gasteiger partial charge < -0.3 is 9.84 Å². The van der Waals surface area contributed by atoms with Crippen LogP contribution >= 0.6 is 0 Å². The third-order valence-electron chi connectivity index (χ3n) is 3.55. The second-order valence-electron chi connectivity index (χ2n) is 5.29.